The van der Waals surface area contributed by atoms with Gasteiger partial charge in [-0.15, -0.1) is 11.3 Å². The molecule has 1 heterocycles. The Morgan fingerprint density at radius 2 is 1.68 bits per heavy atom. The van der Waals surface area contributed by atoms with Gasteiger partial charge in [-0.05, 0) is 49.4 Å². The quantitative estimate of drug-likeness (QED) is 0.746. The van der Waals surface area contributed by atoms with Gasteiger partial charge in [0, 0.05) is 10.4 Å². The monoisotopic (exact) mass is 403 g/mol. The van der Waals surface area contributed by atoms with Gasteiger partial charge in [0.15, 0.2) is 11.5 Å². The van der Waals surface area contributed by atoms with Crippen LogP contribution in [0.5, 0.6) is 11.5 Å². The third kappa shape index (κ3) is 4.14. The van der Waals surface area contributed by atoms with Crippen molar-refractivity contribution in [1.82, 2.24) is 0 Å². The molecule has 1 N–H and O–H groups in total. The fourth-order valence-corrected chi connectivity index (χ4v) is 4.75. The van der Waals surface area contributed by atoms with Crippen molar-refractivity contribution >= 4 is 28.2 Å². The van der Waals surface area contributed by atoms with Crippen molar-refractivity contribution in [3.05, 3.63) is 39.8 Å². The van der Waals surface area contributed by atoms with E-state index in [-0.39, 0.29) is 5.91 Å². The first-order chi connectivity index (χ1) is 13.6. The number of hydrogen-bond acceptors (Lipinski definition) is 6. The summed E-state index contributed by atoms with van der Waals surface area (Å²) in [7, 11) is 4.44. The van der Waals surface area contributed by atoms with Crippen LogP contribution in [-0.4, -0.2) is 33.2 Å². The first kappa shape index (κ1) is 20.2. The Balaban J connectivity index is 1.94. The molecule has 7 heteroatoms. The van der Waals surface area contributed by atoms with Gasteiger partial charge in [0.25, 0.3) is 5.91 Å². The van der Waals surface area contributed by atoms with Crippen molar-refractivity contribution in [1.29, 1.82) is 0 Å². The lowest BCUT2D eigenvalue weighted by atomic mass is 9.96. The van der Waals surface area contributed by atoms with E-state index in [1.165, 1.54) is 36.9 Å². The molecule has 3 rings (SSSR count). The number of anilines is 1. The number of methoxy groups -OCH3 is 3. The van der Waals surface area contributed by atoms with E-state index in [9.17, 15) is 9.59 Å². The fraction of sp³-hybridized carbons (Fsp3) is 0.429. The van der Waals surface area contributed by atoms with Crippen LogP contribution in [0.3, 0.4) is 0 Å². The largest absolute Gasteiger partial charge is 0.493 e. The van der Waals surface area contributed by atoms with Crippen molar-refractivity contribution in [3.8, 4) is 11.5 Å². The summed E-state index contributed by atoms with van der Waals surface area (Å²) in [4.78, 5) is 26.5. The third-order valence-electron chi connectivity index (χ3n) is 4.93. The van der Waals surface area contributed by atoms with Gasteiger partial charge in [0.05, 0.1) is 26.9 Å². The molecule has 0 spiro atoms. The zero-order chi connectivity index (χ0) is 20.1. The molecule has 0 atom stereocenters. The molecule has 28 heavy (non-hydrogen) atoms. The molecule has 0 radical (unpaired) electrons. The lowest BCUT2D eigenvalue weighted by Crippen LogP contribution is -2.15. The number of aryl methyl sites for hydroxylation is 1. The summed E-state index contributed by atoms with van der Waals surface area (Å²) in [6, 6.07) is 4.97. The van der Waals surface area contributed by atoms with Crippen molar-refractivity contribution in [3.63, 3.8) is 0 Å². The molecule has 1 aromatic heterocycles. The van der Waals surface area contributed by atoms with E-state index in [0.717, 1.165) is 37.7 Å². The zero-order valence-corrected chi connectivity index (χ0v) is 17.2. The van der Waals surface area contributed by atoms with Gasteiger partial charge < -0.3 is 19.5 Å². The van der Waals surface area contributed by atoms with E-state index in [4.69, 9.17) is 14.2 Å². The Hall–Kier alpha value is -2.54. The summed E-state index contributed by atoms with van der Waals surface area (Å²) < 4.78 is 15.5. The SMILES string of the molecule is COC(=O)c1c(NC(=O)c2ccc(OC)c(OC)c2)sc2c1CCCCCC2. The molecule has 0 saturated carbocycles. The Kier molecular flexibility index (Phi) is 6.57. The van der Waals surface area contributed by atoms with Crippen LogP contribution in [0.4, 0.5) is 5.00 Å². The number of rotatable bonds is 5. The molecule has 150 valence electrons. The van der Waals surface area contributed by atoms with Crippen molar-refractivity contribution < 1.29 is 23.8 Å². The molecule has 1 aliphatic rings. The molecule has 0 fully saturated rings. The molecular formula is C21H25NO5S. The van der Waals surface area contributed by atoms with Crippen LogP contribution in [0.25, 0.3) is 0 Å². The fourth-order valence-electron chi connectivity index (χ4n) is 3.48. The van der Waals surface area contributed by atoms with E-state index >= 15 is 0 Å². The van der Waals surface area contributed by atoms with Gasteiger partial charge in [-0.1, -0.05) is 12.8 Å². The number of esters is 1. The van der Waals surface area contributed by atoms with E-state index in [0.29, 0.717) is 27.6 Å². The van der Waals surface area contributed by atoms with Crippen LogP contribution >= 0.6 is 11.3 Å². The van der Waals surface area contributed by atoms with Gasteiger partial charge in [0.1, 0.15) is 5.00 Å². The molecule has 1 amide bonds. The Bertz CT molecular complexity index is 874. The molecule has 0 bridgehead atoms. The summed E-state index contributed by atoms with van der Waals surface area (Å²) >= 11 is 1.48. The van der Waals surface area contributed by atoms with E-state index in [2.05, 4.69) is 5.32 Å². The number of hydrogen-bond donors (Lipinski definition) is 1. The van der Waals surface area contributed by atoms with Crippen molar-refractivity contribution in [2.75, 3.05) is 26.6 Å². The molecule has 0 aliphatic heterocycles. The van der Waals surface area contributed by atoms with Crippen molar-refractivity contribution in [2.45, 2.75) is 38.5 Å². The van der Waals surface area contributed by atoms with Crippen LogP contribution in [0, 0.1) is 0 Å². The normalized spacial score (nSPS) is 13.7. The number of amides is 1. The maximum atomic E-state index is 12.8. The first-order valence-electron chi connectivity index (χ1n) is 9.35. The van der Waals surface area contributed by atoms with Crippen LogP contribution in [0.1, 0.15) is 56.8 Å². The predicted octanol–water partition coefficient (Wildman–Crippen LogP) is 4.46. The van der Waals surface area contributed by atoms with Crippen LogP contribution in [0.15, 0.2) is 18.2 Å². The van der Waals surface area contributed by atoms with Gasteiger partial charge in [-0.3, -0.25) is 4.79 Å². The number of nitrogens with one attached hydrogen (secondary N) is 1. The topological polar surface area (TPSA) is 73.9 Å². The van der Waals surface area contributed by atoms with Crippen molar-refractivity contribution in [2.24, 2.45) is 0 Å². The molecule has 2 aromatic rings. The van der Waals surface area contributed by atoms with Gasteiger partial charge in [-0.25, -0.2) is 4.79 Å². The second kappa shape index (κ2) is 9.10. The Morgan fingerprint density at radius 3 is 2.36 bits per heavy atom. The second-order valence-corrected chi connectivity index (χ2v) is 7.74. The average molecular weight is 404 g/mol. The predicted molar refractivity (Wildman–Crippen MR) is 109 cm³/mol. The first-order valence-corrected chi connectivity index (χ1v) is 10.2. The molecule has 1 aromatic carbocycles. The summed E-state index contributed by atoms with van der Waals surface area (Å²) in [5, 5.41) is 3.47. The molecule has 0 unspecified atom stereocenters. The molecule has 1 aliphatic carbocycles. The van der Waals surface area contributed by atoms with E-state index < -0.39 is 5.97 Å². The highest BCUT2D eigenvalue weighted by atomic mass is 32.1. The lowest BCUT2D eigenvalue weighted by molar-refractivity contribution is 0.0601. The molecule has 6 nitrogen and oxygen atoms in total. The average Bonchev–Trinajstić information content (AvgIpc) is 3.02. The number of benzene rings is 1. The summed E-state index contributed by atoms with van der Waals surface area (Å²) in [6.07, 6.45) is 6.24. The molecular weight excluding hydrogens is 378 g/mol. The summed E-state index contributed by atoms with van der Waals surface area (Å²) in [5.74, 6) is 0.316. The standard InChI is InChI=1S/C21H25NO5S/c1-25-15-11-10-13(12-16(15)26-2)19(23)22-20-18(21(24)27-3)14-8-6-4-5-7-9-17(14)28-20/h10-12H,4-9H2,1-3H3,(H,22,23). The van der Waals surface area contributed by atoms with Gasteiger partial charge in [-0.2, -0.15) is 0 Å². The number of thiophene rings is 1. The van der Waals surface area contributed by atoms with Crippen LogP contribution in [0.2, 0.25) is 0 Å². The maximum absolute atomic E-state index is 12.8. The number of ether oxygens (including phenoxy) is 3. The number of carbonyl (C=O) groups excluding carboxylic acids is 2. The highest BCUT2D eigenvalue weighted by Crippen LogP contribution is 2.38. The minimum atomic E-state index is -0.402. The zero-order valence-electron chi connectivity index (χ0n) is 16.4. The van der Waals surface area contributed by atoms with E-state index in [1.807, 2.05) is 0 Å². The molecule has 0 saturated heterocycles. The van der Waals surface area contributed by atoms with E-state index in [1.54, 1.807) is 25.3 Å². The summed E-state index contributed by atoms with van der Waals surface area (Å²) in [6.45, 7) is 0. The van der Waals surface area contributed by atoms with Gasteiger partial charge >= 0.3 is 5.97 Å². The number of carbonyl (C=O) groups is 2. The van der Waals surface area contributed by atoms with Crippen LogP contribution in [-0.2, 0) is 17.6 Å². The highest BCUT2D eigenvalue weighted by Gasteiger charge is 2.26. The maximum Gasteiger partial charge on any atom is 0.341 e. The Labute approximate surface area is 168 Å². The smallest absolute Gasteiger partial charge is 0.341 e. The second-order valence-electron chi connectivity index (χ2n) is 6.64. The van der Waals surface area contributed by atoms with Crippen LogP contribution < -0.4 is 14.8 Å². The highest BCUT2D eigenvalue weighted by molar-refractivity contribution is 7.17. The Morgan fingerprint density at radius 1 is 0.964 bits per heavy atom. The lowest BCUT2D eigenvalue weighted by Gasteiger charge is -2.11. The third-order valence-corrected chi connectivity index (χ3v) is 6.14. The van der Waals surface area contributed by atoms with Gasteiger partial charge in [0.2, 0.25) is 0 Å². The minimum absolute atomic E-state index is 0.305. The summed E-state index contributed by atoms with van der Waals surface area (Å²) in [5.41, 5.74) is 1.95. The minimum Gasteiger partial charge on any atom is -0.493 e. The number of fused-ring (bicyclic) bond motifs is 1.